The molecule has 6 nitrogen and oxygen atoms in total. The Morgan fingerprint density at radius 1 is 1.28 bits per heavy atom. The number of nitrogens with one attached hydrogen (secondary N) is 1. The summed E-state index contributed by atoms with van der Waals surface area (Å²) >= 11 is 0. The van der Waals surface area contributed by atoms with Crippen molar-refractivity contribution in [3.05, 3.63) is 29.7 Å². The summed E-state index contributed by atoms with van der Waals surface area (Å²) in [5.41, 5.74) is -1.30. The molecule has 18 heavy (non-hydrogen) atoms. The Kier molecular flexibility index (Phi) is 2.73. The zero-order valence-electron chi connectivity index (χ0n) is 8.56. The van der Waals surface area contributed by atoms with Crippen molar-refractivity contribution in [3.63, 3.8) is 0 Å². The highest BCUT2D eigenvalue weighted by Crippen LogP contribution is 2.29. The van der Waals surface area contributed by atoms with Crippen molar-refractivity contribution >= 4 is 5.97 Å². The van der Waals surface area contributed by atoms with Crippen molar-refractivity contribution in [2.24, 2.45) is 0 Å². The van der Waals surface area contributed by atoms with Gasteiger partial charge in [-0.2, -0.15) is 18.3 Å². The molecule has 0 aliphatic carbocycles. The molecule has 0 saturated heterocycles. The van der Waals surface area contributed by atoms with Gasteiger partial charge in [0.15, 0.2) is 5.82 Å². The van der Waals surface area contributed by atoms with E-state index in [0.29, 0.717) is 0 Å². The summed E-state index contributed by atoms with van der Waals surface area (Å²) in [7, 11) is 0. The van der Waals surface area contributed by atoms with Gasteiger partial charge in [0, 0.05) is 12.4 Å². The molecule has 9 heteroatoms. The van der Waals surface area contributed by atoms with Gasteiger partial charge >= 0.3 is 12.1 Å². The van der Waals surface area contributed by atoms with Crippen molar-refractivity contribution in [1.29, 1.82) is 0 Å². The van der Waals surface area contributed by atoms with E-state index in [-0.39, 0.29) is 17.1 Å². The third-order valence-electron chi connectivity index (χ3n) is 2.01. The fourth-order valence-electron chi connectivity index (χ4n) is 1.15. The number of carboxylic acids is 1. The van der Waals surface area contributed by atoms with Crippen LogP contribution in [0.15, 0.2) is 18.5 Å². The highest BCUT2D eigenvalue weighted by molar-refractivity contribution is 5.86. The number of carbonyl (C=O) groups is 1. The minimum atomic E-state index is -4.54. The average Bonchev–Trinajstić information content (AvgIpc) is 2.78. The summed E-state index contributed by atoms with van der Waals surface area (Å²) in [4.78, 5) is 17.8. The highest BCUT2D eigenvalue weighted by Gasteiger charge is 2.33. The summed E-state index contributed by atoms with van der Waals surface area (Å²) in [6.45, 7) is 0. The van der Waals surface area contributed by atoms with Gasteiger partial charge in [-0.25, -0.2) is 14.8 Å². The highest BCUT2D eigenvalue weighted by atomic mass is 19.4. The topological polar surface area (TPSA) is 91.8 Å². The Balaban J connectivity index is 2.32. The number of aromatic carboxylic acids is 1. The number of hydrogen-bond donors (Lipinski definition) is 2. The second kappa shape index (κ2) is 4.09. The van der Waals surface area contributed by atoms with E-state index in [1.54, 1.807) is 0 Å². The van der Waals surface area contributed by atoms with E-state index in [4.69, 9.17) is 5.11 Å². The van der Waals surface area contributed by atoms with Crippen LogP contribution in [-0.4, -0.2) is 31.2 Å². The SMILES string of the molecule is O=C(O)c1cnc(-c2cc(C(F)(F)F)[nH]n2)nc1. The maximum atomic E-state index is 12.3. The molecule has 0 aromatic carbocycles. The number of carboxylic acid groups (broad SMARTS) is 1. The summed E-state index contributed by atoms with van der Waals surface area (Å²) < 4.78 is 36.9. The predicted molar refractivity (Wildman–Crippen MR) is 51.6 cm³/mol. The van der Waals surface area contributed by atoms with Crippen LogP contribution in [0.25, 0.3) is 11.5 Å². The van der Waals surface area contributed by atoms with Gasteiger partial charge < -0.3 is 5.11 Å². The van der Waals surface area contributed by atoms with Crippen LogP contribution >= 0.6 is 0 Å². The van der Waals surface area contributed by atoms with Crippen molar-refractivity contribution in [1.82, 2.24) is 20.2 Å². The van der Waals surface area contributed by atoms with E-state index in [9.17, 15) is 18.0 Å². The maximum Gasteiger partial charge on any atom is 0.432 e. The summed E-state index contributed by atoms with van der Waals surface area (Å²) in [6, 6.07) is 0.746. The molecular formula is C9H5F3N4O2. The lowest BCUT2D eigenvalue weighted by molar-refractivity contribution is -0.141. The molecule has 0 bridgehead atoms. The van der Waals surface area contributed by atoms with Gasteiger partial charge in [0.2, 0.25) is 0 Å². The standard InChI is InChI=1S/C9H5F3N4O2/c10-9(11,12)6-1-5(15-16-6)7-13-2-4(3-14-7)8(17)18/h1-3H,(H,15,16)(H,17,18). The number of aromatic nitrogens is 4. The van der Waals surface area contributed by atoms with Crippen LogP contribution < -0.4 is 0 Å². The predicted octanol–water partition coefficient (Wildman–Crippen LogP) is 1.58. The molecule has 0 unspecified atom stereocenters. The molecule has 0 amide bonds. The van der Waals surface area contributed by atoms with Gasteiger partial charge in [0.1, 0.15) is 11.4 Å². The minimum Gasteiger partial charge on any atom is -0.478 e. The van der Waals surface area contributed by atoms with E-state index < -0.39 is 17.8 Å². The number of rotatable bonds is 2. The van der Waals surface area contributed by atoms with E-state index in [0.717, 1.165) is 18.5 Å². The van der Waals surface area contributed by atoms with Crippen molar-refractivity contribution in [2.45, 2.75) is 6.18 Å². The molecule has 0 radical (unpaired) electrons. The molecule has 0 aliphatic rings. The van der Waals surface area contributed by atoms with Gasteiger partial charge in [0.25, 0.3) is 0 Å². The lowest BCUT2D eigenvalue weighted by atomic mass is 10.3. The number of H-pyrrole nitrogens is 1. The normalized spacial score (nSPS) is 11.5. The Hall–Kier alpha value is -2.45. The number of nitrogens with zero attached hydrogens (tertiary/aromatic N) is 3. The number of alkyl halides is 3. The molecule has 0 fully saturated rings. The average molecular weight is 258 g/mol. The molecule has 94 valence electrons. The van der Waals surface area contributed by atoms with Crippen molar-refractivity contribution in [2.75, 3.05) is 0 Å². The zero-order chi connectivity index (χ0) is 13.3. The quantitative estimate of drug-likeness (QED) is 0.853. The van der Waals surface area contributed by atoms with Crippen LogP contribution in [0.3, 0.4) is 0 Å². The van der Waals surface area contributed by atoms with E-state index in [1.807, 2.05) is 5.10 Å². The Labute approximate surface area is 97.5 Å². The summed E-state index contributed by atoms with van der Waals surface area (Å²) in [5.74, 6) is -1.31. The molecule has 0 spiro atoms. The monoisotopic (exact) mass is 258 g/mol. The van der Waals surface area contributed by atoms with Crippen molar-refractivity contribution in [3.8, 4) is 11.5 Å². The first-order valence-corrected chi connectivity index (χ1v) is 4.56. The van der Waals surface area contributed by atoms with Gasteiger partial charge in [-0.3, -0.25) is 5.10 Å². The zero-order valence-corrected chi connectivity index (χ0v) is 8.56. The van der Waals surface area contributed by atoms with Crippen LogP contribution in [0.4, 0.5) is 13.2 Å². The lowest BCUT2D eigenvalue weighted by Crippen LogP contribution is -2.04. The molecule has 0 atom stereocenters. The molecular weight excluding hydrogens is 253 g/mol. The Bertz CT molecular complexity index is 576. The minimum absolute atomic E-state index is 0.0910. The van der Waals surface area contributed by atoms with E-state index >= 15 is 0 Å². The van der Waals surface area contributed by atoms with Gasteiger partial charge in [0.05, 0.1) is 5.56 Å². The fourth-order valence-corrected chi connectivity index (χ4v) is 1.15. The first-order chi connectivity index (χ1) is 8.38. The number of halogens is 3. The molecule has 0 aliphatic heterocycles. The van der Waals surface area contributed by atoms with Gasteiger partial charge in [-0.15, -0.1) is 0 Å². The third kappa shape index (κ3) is 2.29. The van der Waals surface area contributed by atoms with Crippen LogP contribution in [0.1, 0.15) is 16.1 Å². The lowest BCUT2D eigenvalue weighted by Gasteiger charge is -1.99. The van der Waals surface area contributed by atoms with Gasteiger partial charge in [-0.1, -0.05) is 0 Å². The third-order valence-corrected chi connectivity index (χ3v) is 2.01. The molecule has 2 N–H and O–H groups in total. The molecule has 0 saturated carbocycles. The smallest absolute Gasteiger partial charge is 0.432 e. The molecule has 2 heterocycles. The van der Waals surface area contributed by atoms with Crippen LogP contribution in [0.5, 0.6) is 0 Å². The maximum absolute atomic E-state index is 12.3. The second-order valence-corrected chi connectivity index (χ2v) is 3.27. The molecule has 2 rings (SSSR count). The number of aromatic amines is 1. The first-order valence-electron chi connectivity index (χ1n) is 4.56. The fraction of sp³-hybridized carbons (Fsp3) is 0.111. The van der Waals surface area contributed by atoms with Gasteiger partial charge in [-0.05, 0) is 6.07 Å². The van der Waals surface area contributed by atoms with Crippen LogP contribution in [-0.2, 0) is 6.18 Å². The van der Waals surface area contributed by atoms with E-state index in [1.165, 1.54) is 0 Å². The van der Waals surface area contributed by atoms with E-state index in [2.05, 4.69) is 15.1 Å². The molecule has 2 aromatic rings. The Morgan fingerprint density at radius 3 is 2.33 bits per heavy atom. The number of hydrogen-bond acceptors (Lipinski definition) is 4. The van der Waals surface area contributed by atoms with Crippen LogP contribution in [0, 0.1) is 0 Å². The molecule has 2 aromatic heterocycles. The van der Waals surface area contributed by atoms with Crippen LogP contribution in [0.2, 0.25) is 0 Å². The largest absolute Gasteiger partial charge is 0.478 e. The summed E-state index contributed by atoms with van der Waals surface area (Å²) in [5, 5.41) is 13.8. The summed E-state index contributed by atoms with van der Waals surface area (Å²) in [6.07, 6.45) is -2.55. The first kappa shape index (κ1) is 12.0. The second-order valence-electron chi connectivity index (χ2n) is 3.27. The Morgan fingerprint density at radius 2 is 1.89 bits per heavy atom. The van der Waals surface area contributed by atoms with Crippen molar-refractivity contribution < 1.29 is 23.1 Å².